The summed E-state index contributed by atoms with van der Waals surface area (Å²) in [6, 6.07) is 10.6. The fourth-order valence-electron chi connectivity index (χ4n) is 1.95. The van der Waals surface area contributed by atoms with Crippen LogP contribution in [0.2, 0.25) is 5.02 Å². The first-order valence-electron chi connectivity index (χ1n) is 5.84. The Labute approximate surface area is 116 Å². The third-order valence-corrected chi connectivity index (χ3v) is 3.26. The van der Waals surface area contributed by atoms with E-state index in [0.29, 0.717) is 10.6 Å². The van der Waals surface area contributed by atoms with E-state index in [9.17, 15) is 9.90 Å². The van der Waals surface area contributed by atoms with E-state index in [1.165, 1.54) is 0 Å². The molecule has 0 aliphatic rings. The molecule has 98 valence electrons. The molecule has 0 fully saturated rings. The number of amides is 1. The molecule has 4 heteroatoms. The fourth-order valence-corrected chi connectivity index (χ4v) is 2.11. The molecule has 1 amide bonds. The summed E-state index contributed by atoms with van der Waals surface area (Å²) in [5.74, 6) is -0.0743. The van der Waals surface area contributed by atoms with Crippen molar-refractivity contribution in [2.45, 2.75) is 6.92 Å². The first-order chi connectivity index (χ1) is 9.02. The highest BCUT2D eigenvalue weighted by atomic mass is 35.5. The van der Waals surface area contributed by atoms with Crippen molar-refractivity contribution in [3.63, 3.8) is 0 Å². The summed E-state index contributed by atoms with van der Waals surface area (Å²) in [5.41, 5.74) is 3.27. The molecule has 2 rings (SSSR count). The summed E-state index contributed by atoms with van der Waals surface area (Å²) in [7, 11) is 1.59. The second-order valence-corrected chi connectivity index (χ2v) is 4.69. The molecule has 0 atom stereocenters. The second-order valence-electron chi connectivity index (χ2n) is 4.28. The highest BCUT2D eigenvalue weighted by Gasteiger charge is 2.09. The van der Waals surface area contributed by atoms with Gasteiger partial charge in [-0.2, -0.15) is 0 Å². The highest BCUT2D eigenvalue weighted by molar-refractivity contribution is 6.32. The van der Waals surface area contributed by atoms with Crippen molar-refractivity contribution in [3.05, 3.63) is 52.5 Å². The van der Waals surface area contributed by atoms with Crippen molar-refractivity contribution in [1.29, 1.82) is 0 Å². The molecule has 2 aromatic carbocycles. The highest BCUT2D eigenvalue weighted by Crippen LogP contribution is 2.33. The van der Waals surface area contributed by atoms with E-state index in [-0.39, 0.29) is 11.7 Å². The molecule has 19 heavy (non-hydrogen) atoms. The maximum Gasteiger partial charge on any atom is 0.251 e. The number of benzene rings is 2. The van der Waals surface area contributed by atoms with E-state index in [4.69, 9.17) is 11.6 Å². The SMILES string of the molecule is CNC(=O)c1cccc(-c2cc(Cl)c(O)cc2C)c1. The number of aryl methyl sites for hydroxylation is 1. The van der Waals surface area contributed by atoms with Crippen LogP contribution in [-0.4, -0.2) is 18.1 Å². The number of nitrogens with one attached hydrogen (secondary N) is 1. The Kier molecular flexibility index (Phi) is 3.76. The van der Waals surface area contributed by atoms with Crippen molar-refractivity contribution in [2.24, 2.45) is 0 Å². The predicted molar refractivity (Wildman–Crippen MR) is 76.7 cm³/mol. The first-order valence-corrected chi connectivity index (χ1v) is 6.22. The van der Waals surface area contributed by atoms with Gasteiger partial charge in [-0.25, -0.2) is 0 Å². The summed E-state index contributed by atoms with van der Waals surface area (Å²) in [4.78, 5) is 11.6. The van der Waals surface area contributed by atoms with Crippen LogP contribution in [0, 0.1) is 6.92 Å². The van der Waals surface area contributed by atoms with Crippen LogP contribution >= 0.6 is 11.6 Å². The lowest BCUT2D eigenvalue weighted by Gasteiger charge is -2.09. The van der Waals surface area contributed by atoms with Gasteiger partial charge in [0.15, 0.2) is 0 Å². The minimum atomic E-state index is -0.135. The van der Waals surface area contributed by atoms with Gasteiger partial charge in [0.05, 0.1) is 5.02 Å². The van der Waals surface area contributed by atoms with E-state index in [0.717, 1.165) is 16.7 Å². The smallest absolute Gasteiger partial charge is 0.251 e. The van der Waals surface area contributed by atoms with Gasteiger partial charge in [-0.1, -0.05) is 23.7 Å². The third-order valence-electron chi connectivity index (χ3n) is 2.96. The molecule has 0 radical (unpaired) electrons. The second kappa shape index (κ2) is 5.33. The zero-order valence-electron chi connectivity index (χ0n) is 10.7. The van der Waals surface area contributed by atoms with Crippen molar-refractivity contribution < 1.29 is 9.90 Å². The molecule has 0 unspecified atom stereocenters. The van der Waals surface area contributed by atoms with Crippen LogP contribution in [0.3, 0.4) is 0 Å². The topological polar surface area (TPSA) is 49.3 Å². The Hall–Kier alpha value is -2.00. The normalized spacial score (nSPS) is 10.3. The van der Waals surface area contributed by atoms with Crippen LogP contribution in [0.1, 0.15) is 15.9 Å². The molecule has 0 saturated carbocycles. The Balaban J connectivity index is 2.53. The molecular formula is C15H14ClNO2. The van der Waals surface area contributed by atoms with Gasteiger partial charge in [0.25, 0.3) is 5.91 Å². The number of carbonyl (C=O) groups is 1. The minimum Gasteiger partial charge on any atom is -0.506 e. The van der Waals surface area contributed by atoms with Gasteiger partial charge in [0, 0.05) is 12.6 Å². The molecule has 3 nitrogen and oxygen atoms in total. The van der Waals surface area contributed by atoms with Crippen molar-refractivity contribution in [1.82, 2.24) is 5.32 Å². The van der Waals surface area contributed by atoms with E-state index in [2.05, 4.69) is 5.32 Å². The molecule has 0 aliphatic heterocycles. The first kappa shape index (κ1) is 13.4. The maximum absolute atomic E-state index is 11.6. The minimum absolute atomic E-state index is 0.0605. The summed E-state index contributed by atoms with van der Waals surface area (Å²) in [5, 5.41) is 12.4. The van der Waals surface area contributed by atoms with Gasteiger partial charge in [-0.15, -0.1) is 0 Å². The van der Waals surface area contributed by atoms with Crippen LogP contribution in [0.25, 0.3) is 11.1 Å². The van der Waals surface area contributed by atoms with E-state index >= 15 is 0 Å². The van der Waals surface area contributed by atoms with Gasteiger partial charge in [0.2, 0.25) is 0 Å². The number of phenols is 1. The lowest BCUT2D eigenvalue weighted by Crippen LogP contribution is -2.17. The summed E-state index contributed by atoms with van der Waals surface area (Å²) in [6.45, 7) is 1.89. The maximum atomic E-state index is 11.6. The average Bonchev–Trinajstić information content (AvgIpc) is 2.42. The van der Waals surface area contributed by atoms with Gasteiger partial charge < -0.3 is 10.4 Å². The lowest BCUT2D eigenvalue weighted by atomic mass is 9.98. The molecular weight excluding hydrogens is 262 g/mol. The fraction of sp³-hybridized carbons (Fsp3) is 0.133. The zero-order valence-corrected chi connectivity index (χ0v) is 11.5. The Morgan fingerprint density at radius 1 is 1.26 bits per heavy atom. The van der Waals surface area contributed by atoms with Gasteiger partial charge in [-0.05, 0) is 47.9 Å². The summed E-state index contributed by atoms with van der Waals surface area (Å²) >= 11 is 5.94. The summed E-state index contributed by atoms with van der Waals surface area (Å²) < 4.78 is 0. The van der Waals surface area contributed by atoms with Gasteiger partial charge in [0.1, 0.15) is 5.75 Å². The molecule has 0 bridgehead atoms. The Bertz CT molecular complexity index is 638. The van der Waals surface area contributed by atoms with E-state index in [1.54, 1.807) is 31.3 Å². The molecule has 0 saturated heterocycles. The van der Waals surface area contributed by atoms with Crippen LogP contribution in [0.15, 0.2) is 36.4 Å². The number of rotatable bonds is 2. The molecule has 0 aromatic heterocycles. The van der Waals surface area contributed by atoms with Crippen molar-refractivity contribution >= 4 is 17.5 Å². The van der Waals surface area contributed by atoms with Crippen LogP contribution < -0.4 is 5.32 Å². The van der Waals surface area contributed by atoms with E-state index in [1.807, 2.05) is 19.1 Å². The molecule has 0 heterocycles. The predicted octanol–water partition coefficient (Wildman–Crippen LogP) is 3.38. The Morgan fingerprint density at radius 2 is 2.00 bits per heavy atom. The van der Waals surface area contributed by atoms with Gasteiger partial charge >= 0.3 is 0 Å². The molecule has 2 aromatic rings. The molecule has 2 N–H and O–H groups in total. The average molecular weight is 276 g/mol. The van der Waals surface area contributed by atoms with Crippen LogP contribution in [0.4, 0.5) is 0 Å². The van der Waals surface area contributed by atoms with Crippen LogP contribution in [0.5, 0.6) is 5.75 Å². The largest absolute Gasteiger partial charge is 0.506 e. The zero-order chi connectivity index (χ0) is 14.0. The van der Waals surface area contributed by atoms with Crippen LogP contribution in [-0.2, 0) is 0 Å². The monoisotopic (exact) mass is 275 g/mol. The number of aromatic hydroxyl groups is 1. The van der Waals surface area contributed by atoms with Gasteiger partial charge in [-0.3, -0.25) is 4.79 Å². The van der Waals surface area contributed by atoms with E-state index < -0.39 is 0 Å². The Morgan fingerprint density at radius 3 is 2.68 bits per heavy atom. The number of halogens is 1. The molecule has 0 aliphatic carbocycles. The third kappa shape index (κ3) is 2.71. The lowest BCUT2D eigenvalue weighted by molar-refractivity contribution is 0.0963. The quantitative estimate of drug-likeness (QED) is 0.883. The van der Waals surface area contributed by atoms with Crippen molar-refractivity contribution in [3.8, 4) is 16.9 Å². The number of carbonyl (C=O) groups excluding carboxylic acids is 1. The van der Waals surface area contributed by atoms with Crippen molar-refractivity contribution in [2.75, 3.05) is 7.05 Å². The molecule has 0 spiro atoms. The number of hydrogen-bond acceptors (Lipinski definition) is 2. The standard InChI is InChI=1S/C15H14ClNO2/c1-9-6-14(18)13(16)8-12(9)10-4-3-5-11(7-10)15(19)17-2/h3-8,18H,1-2H3,(H,17,19). The number of phenolic OH excluding ortho intramolecular Hbond substituents is 1. The summed E-state index contributed by atoms with van der Waals surface area (Å²) in [6.07, 6.45) is 0. The number of hydrogen-bond donors (Lipinski definition) is 2.